The minimum Gasteiger partial charge on any atom is -0.365 e. The lowest BCUT2D eigenvalue weighted by atomic mass is 9.89. The summed E-state index contributed by atoms with van der Waals surface area (Å²) in [4.78, 5) is 17.5. The SMILES string of the molecule is CCn1nc(C(=O)NC[C@H]2CC[C@H](S(C)(=O)=O)CC2)c(Cl)c1-c1cnc(NC(C)(C)CC(F)(F)F)cc1C(C)C. The first-order valence-corrected chi connectivity index (χ1v) is 15.8. The molecule has 1 aliphatic carbocycles. The number of amides is 1. The quantitative estimate of drug-likeness (QED) is 0.333. The second kappa shape index (κ2) is 12.3. The Labute approximate surface area is 239 Å². The average Bonchev–Trinajstić information content (AvgIpc) is 3.16. The topological polar surface area (TPSA) is 106 Å². The molecule has 0 saturated heterocycles. The van der Waals surface area contributed by atoms with Gasteiger partial charge in [-0.05, 0) is 69.9 Å². The number of hydrogen-bond donors (Lipinski definition) is 2. The molecule has 2 aromatic rings. The van der Waals surface area contributed by atoms with Crippen LogP contribution in [0.5, 0.6) is 0 Å². The van der Waals surface area contributed by atoms with E-state index in [-0.39, 0.29) is 27.8 Å². The Balaban J connectivity index is 1.82. The molecule has 40 heavy (non-hydrogen) atoms. The number of rotatable bonds is 10. The van der Waals surface area contributed by atoms with Crippen LogP contribution in [0.1, 0.15) is 88.7 Å². The van der Waals surface area contributed by atoms with Gasteiger partial charge in [0.25, 0.3) is 5.91 Å². The molecule has 2 N–H and O–H groups in total. The summed E-state index contributed by atoms with van der Waals surface area (Å²) >= 11 is 6.74. The van der Waals surface area contributed by atoms with Crippen molar-refractivity contribution in [2.45, 2.75) is 96.2 Å². The van der Waals surface area contributed by atoms with E-state index >= 15 is 0 Å². The van der Waals surface area contributed by atoms with Gasteiger partial charge in [-0.3, -0.25) is 9.48 Å². The van der Waals surface area contributed by atoms with Crippen LogP contribution in [0.3, 0.4) is 0 Å². The zero-order valence-electron chi connectivity index (χ0n) is 23.8. The molecule has 2 aromatic heterocycles. The summed E-state index contributed by atoms with van der Waals surface area (Å²) in [6.45, 7) is 9.53. The first kappa shape index (κ1) is 32.2. The van der Waals surface area contributed by atoms with Gasteiger partial charge >= 0.3 is 6.18 Å². The standard InChI is InChI=1S/C27H39ClF3N5O3S/c1-7-36-24(20-14-32-21(12-19(20)16(2)3)34-26(4,5)15-27(29,30)31)22(28)23(35-36)25(37)33-13-17-8-10-18(11-9-17)40(6,38)39/h12,14,16-18H,7-11,13,15H2,1-6H3,(H,32,34)(H,33,37)/t17-,18-. The summed E-state index contributed by atoms with van der Waals surface area (Å²) in [7, 11) is -3.06. The summed E-state index contributed by atoms with van der Waals surface area (Å²) < 4.78 is 64.3. The van der Waals surface area contributed by atoms with E-state index in [9.17, 15) is 26.4 Å². The molecule has 1 fully saturated rings. The van der Waals surface area contributed by atoms with Crippen molar-refractivity contribution in [3.63, 3.8) is 0 Å². The van der Waals surface area contributed by atoms with Crippen molar-refractivity contribution in [2.24, 2.45) is 5.92 Å². The molecule has 0 bridgehead atoms. The molecular formula is C27H39ClF3N5O3S. The van der Waals surface area contributed by atoms with Gasteiger partial charge in [0.05, 0.1) is 22.4 Å². The molecule has 1 saturated carbocycles. The highest BCUT2D eigenvalue weighted by atomic mass is 35.5. The van der Waals surface area contributed by atoms with E-state index in [1.54, 1.807) is 16.9 Å². The van der Waals surface area contributed by atoms with Gasteiger partial charge in [-0.1, -0.05) is 25.4 Å². The maximum Gasteiger partial charge on any atom is 0.391 e. The number of aryl methyl sites for hydroxylation is 1. The molecule has 13 heteroatoms. The maximum atomic E-state index is 13.1. The lowest BCUT2D eigenvalue weighted by molar-refractivity contribution is -0.142. The number of hydrogen-bond acceptors (Lipinski definition) is 6. The third-order valence-electron chi connectivity index (χ3n) is 7.28. The van der Waals surface area contributed by atoms with Crippen LogP contribution < -0.4 is 10.6 Å². The Hall–Kier alpha value is -2.34. The molecule has 2 heterocycles. The third-order valence-corrected chi connectivity index (χ3v) is 9.32. The first-order valence-electron chi connectivity index (χ1n) is 13.5. The fourth-order valence-corrected chi connectivity index (χ4v) is 6.71. The zero-order chi connectivity index (χ0) is 30.0. The van der Waals surface area contributed by atoms with Crippen LogP contribution in [-0.2, 0) is 16.4 Å². The Morgan fingerprint density at radius 2 is 1.82 bits per heavy atom. The van der Waals surface area contributed by atoms with Gasteiger partial charge in [0.1, 0.15) is 15.7 Å². The summed E-state index contributed by atoms with van der Waals surface area (Å²) in [5.74, 6) is 0.0330. The lowest BCUT2D eigenvalue weighted by Crippen LogP contribution is -2.36. The zero-order valence-corrected chi connectivity index (χ0v) is 25.4. The molecule has 0 radical (unpaired) electrons. The van der Waals surface area contributed by atoms with Crippen LogP contribution in [0, 0.1) is 5.92 Å². The molecule has 0 aliphatic heterocycles. The highest BCUT2D eigenvalue weighted by molar-refractivity contribution is 7.91. The van der Waals surface area contributed by atoms with Crippen LogP contribution in [0.4, 0.5) is 19.0 Å². The lowest BCUT2D eigenvalue weighted by Gasteiger charge is -2.28. The molecule has 3 rings (SSSR count). The number of aromatic nitrogens is 3. The Morgan fingerprint density at radius 1 is 1.20 bits per heavy atom. The number of halogens is 4. The van der Waals surface area contributed by atoms with Gasteiger partial charge in [0, 0.05) is 36.6 Å². The highest BCUT2D eigenvalue weighted by Crippen LogP contribution is 2.38. The number of sulfone groups is 1. The third kappa shape index (κ3) is 8.11. The van der Waals surface area contributed by atoms with Crippen molar-refractivity contribution >= 4 is 33.2 Å². The molecule has 0 aromatic carbocycles. The van der Waals surface area contributed by atoms with E-state index < -0.39 is 33.9 Å². The van der Waals surface area contributed by atoms with Gasteiger partial charge < -0.3 is 10.6 Å². The minimum absolute atomic E-state index is 0.0279. The average molecular weight is 606 g/mol. The second-order valence-corrected chi connectivity index (χ2v) is 14.3. The van der Waals surface area contributed by atoms with Crippen molar-refractivity contribution in [2.75, 3.05) is 18.1 Å². The van der Waals surface area contributed by atoms with Gasteiger partial charge in [-0.2, -0.15) is 18.3 Å². The van der Waals surface area contributed by atoms with Gasteiger partial charge in [0.15, 0.2) is 5.69 Å². The molecular weight excluding hydrogens is 567 g/mol. The van der Waals surface area contributed by atoms with Crippen molar-refractivity contribution in [3.05, 3.63) is 28.5 Å². The Morgan fingerprint density at radius 3 is 2.35 bits per heavy atom. The fraction of sp³-hybridized carbons (Fsp3) is 0.667. The molecule has 224 valence electrons. The van der Waals surface area contributed by atoms with Crippen LogP contribution in [0.2, 0.25) is 5.02 Å². The number of anilines is 1. The van der Waals surface area contributed by atoms with E-state index in [1.165, 1.54) is 20.1 Å². The van der Waals surface area contributed by atoms with Crippen LogP contribution >= 0.6 is 11.6 Å². The monoisotopic (exact) mass is 605 g/mol. The van der Waals surface area contributed by atoms with Crippen molar-refractivity contribution in [3.8, 4) is 11.3 Å². The van der Waals surface area contributed by atoms with E-state index in [1.807, 2.05) is 20.8 Å². The summed E-state index contributed by atoms with van der Waals surface area (Å²) in [6.07, 6.45) is 0.0576. The van der Waals surface area contributed by atoms with Crippen LogP contribution in [-0.4, -0.2) is 58.9 Å². The summed E-state index contributed by atoms with van der Waals surface area (Å²) in [5.41, 5.74) is 0.768. The summed E-state index contributed by atoms with van der Waals surface area (Å²) in [6, 6.07) is 1.72. The van der Waals surface area contributed by atoms with Gasteiger partial charge in [-0.15, -0.1) is 0 Å². The number of nitrogens with one attached hydrogen (secondary N) is 2. The molecule has 8 nitrogen and oxygen atoms in total. The molecule has 0 atom stereocenters. The van der Waals surface area contributed by atoms with E-state index in [0.29, 0.717) is 55.8 Å². The fourth-order valence-electron chi connectivity index (χ4n) is 5.26. The largest absolute Gasteiger partial charge is 0.391 e. The second-order valence-electron chi connectivity index (χ2n) is 11.6. The van der Waals surface area contributed by atoms with Gasteiger partial charge in [-0.25, -0.2) is 13.4 Å². The van der Waals surface area contributed by atoms with Crippen molar-refractivity contribution in [1.82, 2.24) is 20.1 Å². The molecule has 1 aliphatic rings. The van der Waals surface area contributed by atoms with Crippen molar-refractivity contribution < 1.29 is 26.4 Å². The maximum absolute atomic E-state index is 13.1. The first-order chi connectivity index (χ1) is 18.4. The van der Waals surface area contributed by atoms with Gasteiger partial charge in [0.2, 0.25) is 0 Å². The normalized spacial score (nSPS) is 18.7. The number of alkyl halides is 3. The smallest absolute Gasteiger partial charge is 0.365 e. The molecule has 0 spiro atoms. The van der Waals surface area contributed by atoms with E-state index in [0.717, 1.165) is 5.56 Å². The summed E-state index contributed by atoms with van der Waals surface area (Å²) in [5, 5.41) is 10.1. The van der Waals surface area contributed by atoms with Crippen molar-refractivity contribution in [1.29, 1.82) is 0 Å². The number of carbonyl (C=O) groups is 1. The van der Waals surface area contributed by atoms with Crippen LogP contribution in [0.25, 0.3) is 11.3 Å². The number of carbonyl (C=O) groups excluding carboxylic acids is 1. The van der Waals surface area contributed by atoms with E-state index in [4.69, 9.17) is 11.6 Å². The number of nitrogens with zero attached hydrogens (tertiary/aromatic N) is 3. The predicted molar refractivity (Wildman–Crippen MR) is 152 cm³/mol. The molecule has 0 unspecified atom stereocenters. The Kier molecular flexibility index (Phi) is 9.86. The van der Waals surface area contributed by atoms with E-state index in [2.05, 4.69) is 20.7 Å². The highest BCUT2D eigenvalue weighted by Gasteiger charge is 2.37. The van der Waals surface area contributed by atoms with Crippen LogP contribution in [0.15, 0.2) is 12.3 Å². The Bertz CT molecular complexity index is 1320. The minimum atomic E-state index is -4.33. The number of pyridine rings is 1. The molecule has 1 amide bonds. The predicted octanol–water partition coefficient (Wildman–Crippen LogP) is 6.22.